The zero-order valence-corrected chi connectivity index (χ0v) is 21.5. The maximum atomic E-state index is 5.75. The second-order valence-corrected chi connectivity index (χ2v) is 8.21. The van der Waals surface area contributed by atoms with Gasteiger partial charge in [0.05, 0.1) is 66.1 Å². The van der Waals surface area contributed by atoms with E-state index in [0.29, 0.717) is 79.2 Å². The molecule has 7 heteroatoms. The highest BCUT2D eigenvalue weighted by Gasteiger charge is 1.98. The van der Waals surface area contributed by atoms with Gasteiger partial charge in [0.2, 0.25) is 0 Å². The van der Waals surface area contributed by atoms with Crippen molar-refractivity contribution in [2.24, 2.45) is 5.73 Å². The zero-order valence-electron chi connectivity index (χ0n) is 21.5. The Morgan fingerprint density at radius 2 is 0.971 bits per heavy atom. The highest BCUT2D eigenvalue weighted by molar-refractivity contribution is 5.27. The molecular formula is C27H49NO6. The average Bonchev–Trinajstić information content (AvgIpc) is 2.86. The summed E-state index contributed by atoms with van der Waals surface area (Å²) in [6, 6.07) is 8.46. The van der Waals surface area contributed by atoms with Crippen LogP contribution in [0.15, 0.2) is 24.3 Å². The Bertz CT molecular complexity index is 528. The summed E-state index contributed by atoms with van der Waals surface area (Å²) in [5, 5.41) is 0. The van der Waals surface area contributed by atoms with E-state index in [2.05, 4.69) is 31.2 Å². The van der Waals surface area contributed by atoms with E-state index in [-0.39, 0.29) is 0 Å². The molecule has 0 bridgehead atoms. The van der Waals surface area contributed by atoms with Crippen LogP contribution in [0.4, 0.5) is 0 Å². The quantitative estimate of drug-likeness (QED) is 0.196. The van der Waals surface area contributed by atoms with Gasteiger partial charge in [-0.2, -0.15) is 0 Å². The molecule has 1 aromatic rings. The van der Waals surface area contributed by atoms with Gasteiger partial charge in [-0.25, -0.2) is 0 Å². The molecule has 1 aromatic carbocycles. The second-order valence-electron chi connectivity index (χ2n) is 8.21. The summed E-state index contributed by atoms with van der Waals surface area (Å²) in [6.45, 7) is 8.88. The summed E-state index contributed by atoms with van der Waals surface area (Å²) < 4.78 is 32.8. The summed E-state index contributed by atoms with van der Waals surface area (Å²) in [6.07, 6.45) is 10.6. The fraction of sp³-hybridized carbons (Fsp3) is 0.778. The molecule has 0 unspecified atom stereocenters. The first-order valence-corrected chi connectivity index (χ1v) is 13.2. The minimum atomic E-state index is 0.537. The van der Waals surface area contributed by atoms with Crippen molar-refractivity contribution in [2.45, 2.75) is 58.3 Å². The van der Waals surface area contributed by atoms with Crippen LogP contribution in [0, 0.1) is 0 Å². The Kier molecular flexibility index (Phi) is 22.6. The normalized spacial score (nSPS) is 11.2. The molecule has 34 heavy (non-hydrogen) atoms. The lowest BCUT2D eigenvalue weighted by atomic mass is 10.0. The van der Waals surface area contributed by atoms with Crippen molar-refractivity contribution in [3.63, 3.8) is 0 Å². The van der Waals surface area contributed by atoms with Crippen LogP contribution in [0.5, 0.6) is 5.75 Å². The molecule has 1 rings (SSSR count). The molecule has 0 atom stereocenters. The van der Waals surface area contributed by atoms with Crippen molar-refractivity contribution in [3.05, 3.63) is 29.8 Å². The number of benzene rings is 1. The number of unbranched alkanes of at least 4 members (excludes halogenated alkanes) is 6. The van der Waals surface area contributed by atoms with Gasteiger partial charge in [-0.1, -0.05) is 57.6 Å². The van der Waals surface area contributed by atoms with E-state index in [1.54, 1.807) is 0 Å². The molecule has 0 heterocycles. The molecule has 0 amide bonds. The smallest absolute Gasteiger partial charge is 0.119 e. The Balaban J connectivity index is 1.83. The van der Waals surface area contributed by atoms with Gasteiger partial charge in [0.1, 0.15) is 12.4 Å². The molecule has 0 aliphatic carbocycles. The molecule has 0 spiro atoms. The molecule has 2 N–H and O–H groups in total. The van der Waals surface area contributed by atoms with Gasteiger partial charge in [-0.05, 0) is 30.5 Å². The first-order chi connectivity index (χ1) is 16.9. The van der Waals surface area contributed by atoms with Gasteiger partial charge in [-0.15, -0.1) is 0 Å². The summed E-state index contributed by atoms with van der Waals surface area (Å²) in [7, 11) is 0. The standard InChI is InChI=1S/C27H49NO6/c1-2-3-4-5-6-7-8-9-26-10-12-27(13-11-26)34-25-24-33-23-22-32-21-20-31-19-18-30-17-16-29-15-14-28/h10-13H,2-9,14-25,28H2,1H3. The number of rotatable bonds is 26. The molecule has 0 saturated carbocycles. The fourth-order valence-electron chi connectivity index (χ4n) is 3.32. The first-order valence-electron chi connectivity index (χ1n) is 13.2. The molecule has 7 nitrogen and oxygen atoms in total. The largest absolute Gasteiger partial charge is 0.491 e. The molecule has 0 aromatic heterocycles. The minimum absolute atomic E-state index is 0.537. The lowest BCUT2D eigenvalue weighted by Crippen LogP contribution is -2.15. The number of hydrogen-bond acceptors (Lipinski definition) is 7. The maximum absolute atomic E-state index is 5.75. The number of nitrogens with two attached hydrogens (primary N) is 1. The van der Waals surface area contributed by atoms with E-state index >= 15 is 0 Å². The van der Waals surface area contributed by atoms with Crippen LogP contribution >= 0.6 is 0 Å². The fourth-order valence-corrected chi connectivity index (χ4v) is 3.32. The topological polar surface area (TPSA) is 81.4 Å². The van der Waals surface area contributed by atoms with Crippen LogP contribution in [0.2, 0.25) is 0 Å². The van der Waals surface area contributed by atoms with E-state index in [9.17, 15) is 0 Å². The molecule has 0 saturated heterocycles. The number of aryl methyl sites for hydroxylation is 1. The summed E-state index contributed by atoms with van der Waals surface area (Å²) in [5.41, 5.74) is 6.72. The molecule has 198 valence electrons. The van der Waals surface area contributed by atoms with Crippen LogP contribution < -0.4 is 10.5 Å². The van der Waals surface area contributed by atoms with E-state index in [1.807, 2.05) is 0 Å². The maximum Gasteiger partial charge on any atom is 0.119 e. The second kappa shape index (κ2) is 24.9. The van der Waals surface area contributed by atoms with E-state index < -0.39 is 0 Å². The Hall–Kier alpha value is -1.22. The third-order valence-electron chi connectivity index (χ3n) is 5.24. The monoisotopic (exact) mass is 483 g/mol. The third-order valence-corrected chi connectivity index (χ3v) is 5.24. The van der Waals surface area contributed by atoms with Crippen LogP contribution in [-0.4, -0.2) is 79.2 Å². The molecule has 0 fully saturated rings. The van der Waals surface area contributed by atoms with Crippen LogP contribution in [0.1, 0.15) is 57.4 Å². The minimum Gasteiger partial charge on any atom is -0.491 e. The first kappa shape index (κ1) is 30.8. The van der Waals surface area contributed by atoms with Crippen molar-refractivity contribution in [1.82, 2.24) is 0 Å². The lowest BCUT2D eigenvalue weighted by molar-refractivity contribution is -0.0122. The third kappa shape index (κ3) is 20.2. The van der Waals surface area contributed by atoms with E-state index in [4.69, 9.17) is 34.2 Å². The van der Waals surface area contributed by atoms with Gasteiger partial charge >= 0.3 is 0 Å². The van der Waals surface area contributed by atoms with Gasteiger partial charge in [-0.3, -0.25) is 0 Å². The van der Waals surface area contributed by atoms with E-state index in [1.165, 1.54) is 50.5 Å². The molecular weight excluding hydrogens is 434 g/mol. The Morgan fingerprint density at radius 3 is 1.47 bits per heavy atom. The summed E-state index contributed by atoms with van der Waals surface area (Å²) >= 11 is 0. The number of ether oxygens (including phenoxy) is 6. The Labute approximate surface area is 207 Å². The van der Waals surface area contributed by atoms with Crippen LogP contribution in [-0.2, 0) is 30.1 Å². The van der Waals surface area contributed by atoms with Gasteiger partial charge in [0.25, 0.3) is 0 Å². The SMILES string of the molecule is CCCCCCCCCc1ccc(OCCOCCOCCOCCOCCOCCN)cc1. The van der Waals surface area contributed by atoms with Gasteiger partial charge in [0, 0.05) is 6.54 Å². The van der Waals surface area contributed by atoms with Crippen LogP contribution in [0.3, 0.4) is 0 Å². The van der Waals surface area contributed by atoms with Crippen molar-refractivity contribution in [1.29, 1.82) is 0 Å². The summed E-state index contributed by atoms with van der Waals surface area (Å²) in [4.78, 5) is 0. The summed E-state index contributed by atoms with van der Waals surface area (Å²) in [5.74, 6) is 0.896. The highest BCUT2D eigenvalue weighted by Crippen LogP contribution is 2.15. The Morgan fingerprint density at radius 1 is 0.529 bits per heavy atom. The molecule has 0 aliphatic heterocycles. The van der Waals surface area contributed by atoms with Crippen LogP contribution in [0.25, 0.3) is 0 Å². The molecule has 0 aliphatic rings. The van der Waals surface area contributed by atoms with Crippen molar-refractivity contribution in [3.8, 4) is 5.75 Å². The lowest BCUT2D eigenvalue weighted by Gasteiger charge is -2.09. The zero-order chi connectivity index (χ0) is 24.4. The van der Waals surface area contributed by atoms with Crippen molar-refractivity contribution < 1.29 is 28.4 Å². The predicted octanol–water partition coefficient (Wildman–Crippen LogP) is 4.40. The average molecular weight is 484 g/mol. The highest BCUT2D eigenvalue weighted by atomic mass is 16.6. The molecule has 0 radical (unpaired) electrons. The van der Waals surface area contributed by atoms with Crippen molar-refractivity contribution >= 4 is 0 Å². The van der Waals surface area contributed by atoms with Gasteiger partial charge < -0.3 is 34.2 Å². The predicted molar refractivity (Wildman–Crippen MR) is 137 cm³/mol. The van der Waals surface area contributed by atoms with E-state index in [0.717, 1.165) is 12.2 Å². The van der Waals surface area contributed by atoms with Gasteiger partial charge in [0.15, 0.2) is 0 Å². The number of hydrogen-bond donors (Lipinski definition) is 1. The van der Waals surface area contributed by atoms with Crippen molar-refractivity contribution in [2.75, 3.05) is 79.2 Å².